The van der Waals surface area contributed by atoms with Gasteiger partial charge in [-0.15, -0.1) is 0 Å². The van der Waals surface area contributed by atoms with E-state index in [0.717, 1.165) is 0 Å². The second kappa shape index (κ2) is 7.57. The number of urea groups is 1. The first-order valence-electron chi connectivity index (χ1n) is 7.96. The van der Waals surface area contributed by atoms with Gasteiger partial charge in [0, 0.05) is 31.9 Å². The van der Waals surface area contributed by atoms with E-state index >= 15 is 0 Å². The molecule has 136 valence electrons. The summed E-state index contributed by atoms with van der Waals surface area (Å²) in [6, 6.07) is 7.25. The zero-order chi connectivity index (χ0) is 18.7. The molecule has 3 rings (SSSR count). The number of primary amides is 1. The Morgan fingerprint density at radius 2 is 1.88 bits per heavy atom. The van der Waals surface area contributed by atoms with Crippen LogP contribution in [0.4, 0.5) is 20.7 Å². The Labute approximate surface area is 154 Å². The maximum atomic E-state index is 13.0. The van der Waals surface area contributed by atoms with Gasteiger partial charge >= 0.3 is 6.03 Å². The quantitative estimate of drug-likeness (QED) is 0.858. The highest BCUT2D eigenvalue weighted by molar-refractivity contribution is 6.33. The van der Waals surface area contributed by atoms with Crippen LogP contribution in [-0.4, -0.2) is 48.0 Å². The minimum Gasteiger partial charge on any atom is -0.366 e. The van der Waals surface area contributed by atoms with Crippen LogP contribution in [-0.2, 0) is 0 Å². The molecule has 0 aliphatic carbocycles. The highest BCUT2D eigenvalue weighted by Gasteiger charge is 2.22. The van der Waals surface area contributed by atoms with Gasteiger partial charge in [-0.2, -0.15) is 0 Å². The molecule has 26 heavy (non-hydrogen) atoms. The van der Waals surface area contributed by atoms with E-state index in [0.29, 0.717) is 37.7 Å². The van der Waals surface area contributed by atoms with Crippen molar-refractivity contribution in [1.82, 2.24) is 9.88 Å². The Balaban J connectivity index is 1.59. The second-order valence-corrected chi connectivity index (χ2v) is 6.20. The number of aromatic nitrogens is 1. The molecule has 1 aliphatic rings. The number of anilines is 2. The molecule has 2 aromatic rings. The summed E-state index contributed by atoms with van der Waals surface area (Å²) in [7, 11) is 0. The van der Waals surface area contributed by atoms with Crippen molar-refractivity contribution in [3.05, 3.63) is 52.9 Å². The van der Waals surface area contributed by atoms with Crippen molar-refractivity contribution >= 4 is 35.0 Å². The normalized spacial score (nSPS) is 14.2. The highest BCUT2D eigenvalue weighted by atomic mass is 35.5. The predicted molar refractivity (Wildman–Crippen MR) is 97.0 cm³/mol. The Morgan fingerprint density at radius 3 is 2.50 bits per heavy atom. The van der Waals surface area contributed by atoms with Gasteiger partial charge in [-0.25, -0.2) is 14.2 Å². The molecule has 9 heteroatoms. The van der Waals surface area contributed by atoms with E-state index in [1.165, 1.54) is 24.4 Å². The van der Waals surface area contributed by atoms with Crippen molar-refractivity contribution in [3.8, 4) is 0 Å². The van der Waals surface area contributed by atoms with E-state index in [1.54, 1.807) is 17.0 Å². The Kier molecular flexibility index (Phi) is 5.22. The smallest absolute Gasteiger partial charge is 0.321 e. The number of hydrogen-bond donors (Lipinski definition) is 2. The number of nitrogens with zero attached hydrogens (tertiary/aromatic N) is 3. The average Bonchev–Trinajstić information content (AvgIpc) is 2.64. The predicted octanol–water partition coefficient (Wildman–Crippen LogP) is 2.33. The number of benzene rings is 1. The van der Waals surface area contributed by atoms with E-state index in [2.05, 4.69) is 10.3 Å². The summed E-state index contributed by atoms with van der Waals surface area (Å²) < 4.78 is 13.0. The van der Waals surface area contributed by atoms with Gasteiger partial charge in [0.15, 0.2) is 0 Å². The topological polar surface area (TPSA) is 91.6 Å². The number of pyridine rings is 1. The van der Waals surface area contributed by atoms with Gasteiger partial charge in [-0.3, -0.25) is 4.79 Å². The Bertz CT molecular complexity index is 822. The van der Waals surface area contributed by atoms with Crippen LogP contribution in [0.25, 0.3) is 0 Å². The highest BCUT2D eigenvalue weighted by Crippen LogP contribution is 2.21. The molecule has 1 saturated heterocycles. The molecule has 2 heterocycles. The summed E-state index contributed by atoms with van der Waals surface area (Å²) in [5.41, 5.74) is 5.85. The lowest BCUT2D eigenvalue weighted by molar-refractivity contribution is 0.100. The number of rotatable bonds is 3. The van der Waals surface area contributed by atoms with Gasteiger partial charge in [-0.1, -0.05) is 11.6 Å². The van der Waals surface area contributed by atoms with Gasteiger partial charge in [0.05, 0.1) is 16.8 Å². The van der Waals surface area contributed by atoms with Crippen molar-refractivity contribution in [2.24, 2.45) is 5.73 Å². The Hall–Kier alpha value is -2.87. The van der Waals surface area contributed by atoms with Gasteiger partial charge in [0.1, 0.15) is 11.6 Å². The molecular weight excluding hydrogens is 361 g/mol. The van der Waals surface area contributed by atoms with E-state index in [-0.39, 0.29) is 22.4 Å². The summed E-state index contributed by atoms with van der Waals surface area (Å²) >= 11 is 5.90. The van der Waals surface area contributed by atoms with E-state index in [1.807, 2.05) is 4.90 Å². The molecule has 1 aliphatic heterocycles. The third-order valence-electron chi connectivity index (χ3n) is 4.09. The molecule has 1 aromatic carbocycles. The van der Waals surface area contributed by atoms with Crippen LogP contribution in [0.5, 0.6) is 0 Å². The van der Waals surface area contributed by atoms with E-state index < -0.39 is 5.91 Å². The van der Waals surface area contributed by atoms with Crippen LogP contribution in [0.15, 0.2) is 36.5 Å². The lowest BCUT2D eigenvalue weighted by Gasteiger charge is -2.35. The van der Waals surface area contributed by atoms with Gasteiger partial charge in [0.2, 0.25) is 5.91 Å². The average molecular weight is 378 g/mol. The molecule has 0 saturated carbocycles. The van der Waals surface area contributed by atoms with E-state index in [9.17, 15) is 14.0 Å². The lowest BCUT2D eigenvalue weighted by Crippen LogP contribution is -2.50. The zero-order valence-corrected chi connectivity index (χ0v) is 14.5. The first kappa shape index (κ1) is 17.9. The van der Waals surface area contributed by atoms with Crippen LogP contribution in [0.2, 0.25) is 5.02 Å². The fraction of sp³-hybridized carbons (Fsp3) is 0.235. The molecule has 0 unspecified atom stereocenters. The summed E-state index contributed by atoms with van der Waals surface area (Å²) in [4.78, 5) is 31.4. The molecule has 3 N–H and O–H groups in total. The van der Waals surface area contributed by atoms with Crippen LogP contribution < -0.4 is 16.0 Å². The third kappa shape index (κ3) is 4.02. The molecule has 1 aromatic heterocycles. The fourth-order valence-electron chi connectivity index (χ4n) is 2.69. The molecule has 0 bridgehead atoms. The number of carbonyl (C=O) groups is 2. The maximum absolute atomic E-state index is 13.0. The number of hydrogen-bond acceptors (Lipinski definition) is 4. The van der Waals surface area contributed by atoms with Crippen LogP contribution in [0.3, 0.4) is 0 Å². The van der Waals surface area contributed by atoms with E-state index in [4.69, 9.17) is 17.3 Å². The number of nitrogens with two attached hydrogens (primary N) is 1. The van der Waals surface area contributed by atoms with Gasteiger partial charge < -0.3 is 20.9 Å². The number of amides is 3. The third-order valence-corrected chi connectivity index (χ3v) is 4.42. The second-order valence-electron chi connectivity index (χ2n) is 5.80. The number of halogens is 2. The number of carbonyl (C=O) groups excluding carboxylic acids is 2. The monoisotopic (exact) mass is 377 g/mol. The number of nitrogens with one attached hydrogen (secondary N) is 1. The summed E-state index contributed by atoms with van der Waals surface area (Å²) in [6.45, 7) is 2.14. The largest absolute Gasteiger partial charge is 0.366 e. The standard InChI is InChI=1S/C17H17ClFN5O2/c18-14-3-2-12(9-13(14)16(20)25)22-17(26)24-7-5-23(6-8-24)15-4-1-11(19)10-21-15/h1-4,9-10H,5-8H2,(H2,20,25)(H,22,26). The number of piperazine rings is 1. The molecule has 3 amide bonds. The zero-order valence-electron chi connectivity index (χ0n) is 13.8. The molecule has 0 atom stereocenters. The van der Waals surface area contributed by atoms with Crippen molar-refractivity contribution in [1.29, 1.82) is 0 Å². The fourth-order valence-corrected chi connectivity index (χ4v) is 2.90. The SMILES string of the molecule is NC(=O)c1cc(NC(=O)N2CCN(c3ccc(F)cn3)CC2)ccc1Cl. The first-order valence-corrected chi connectivity index (χ1v) is 8.33. The lowest BCUT2D eigenvalue weighted by atomic mass is 10.2. The molecule has 7 nitrogen and oxygen atoms in total. The minimum absolute atomic E-state index is 0.150. The summed E-state index contributed by atoms with van der Waals surface area (Å²) in [5, 5.41) is 2.97. The van der Waals surface area contributed by atoms with Crippen molar-refractivity contribution in [3.63, 3.8) is 0 Å². The molecule has 0 radical (unpaired) electrons. The van der Waals surface area contributed by atoms with Gasteiger partial charge in [-0.05, 0) is 30.3 Å². The molecular formula is C17H17ClFN5O2. The van der Waals surface area contributed by atoms with Gasteiger partial charge in [0.25, 0.3) is 0 Å². The summed E-state index contributed by atoms with van der Waals surface area (Å²) in [6.07, 6.45) is 1.17. The van der Waals surface area contributed by atoms with Crippen LogP contribution in [0.1, 0.15) is 10.4 Å². The van der Waals surface area contributed by atoms with Crippen molar-refractivity contribution in [2.45, 2.75) is 0 Å². The minimum atomic E-state index is -0.661. The van der Waals surface area contributed by atoms with Crippen LogP contribution in [0, 0.1) is 5.82 Å². The van der Waals surface area contributed by atoms with Crippen molar-refractivity contribution in [2.75, 3.05) is 36.4 Å². The maximum Gasteiger partial charge on any atom is 0.321 e. The summed E-state index contributed by atoms with van der Waals surface area (Å²) in [5.74, 6) is -0.369. The first-order chi connectivity index (χ1) is 12.4. The van der Waals surface area contributed by atoms with Crippen molar-refractivity contribution < 1.29 is 14.0 Å². The van der Waals surface area contributed by atoms with Crippen LogP contribution >= 0.6 is 11.6 Å². The molecule has 0 spiro atoms. The molecule has 1 fully saturated rings. The Morgan fingerprint density at radius 1 is 1.15 bits per heavy atom.